The highest BCUT2D eigenvalue weighted by Crippen LogP contribution is 2.48. The number of hydrogen-bond acceptors (Lipinski definition) is 3. The fraction of sp³-hybridized carbons (Fsp3) is 0.562. The molecule has 2 aliphatic carbocycles. The number of anilines is 1. The average Bonchev–Trinajstić information content (AvgIpc) is 3.32. The van der Waals surface area contributed by atoms with Gasteiger partial charge in [-0.2, -0.15) is 0 Å². The number of nitrogens with two attached hydrogens (primary N) is 1. The van der Waals surface area contributed by atoms with Crippen LogP contribution >= 0.6 is 0 Å². The van der Waals surface area contributed by atoms with E-state index in [1.54, 1.807) is 25.3 Å². The summed E-state index contributed by atoms with van der Waals surface area (Å²) in [6.45, 7) is 0.783. The summed E-state index contributed by atoms with van der Waals surface area (Å²) < 4.78 is 5.15. The molecular formula is C16H22N2O2. The molecule has 0 aliphatic heterocycles. The molecule has 3 rings (SSSR count). The van der Waals surface area contributed by atoms with E-state index < -0.39 is 0 Å². The third-order valence-corrected chi connectivity index (χ3v) is 4.46. The molecule has 2 saturated carbocycles. The first-order chi connectivity index (χ1) is 9.69. The molecule has 0 bridgehead atoms. The van der Waals surface area contributed by atoms with Crippen molar-refractivity contribution in [1.29, 1.82) is 0 Å². The lowest BCUT2D eigenvalue weighted by Crippen LogP contribution is -2.31. The molecule has 3 N–H and O–H groups in total. The van der Waals surface area contributed by atoms with Gasteiger partial charge in [-0.15, -0.1) is 0 Å². The standard InChI is InChI=1S/C16H22N2O2/c1-20-12-6-7-15(17)13(8-12)16(19)18-9-14(10-2-3-10)11-4-5-11/h6-8,10-11,14H,2-5,9,17H2,1H3,(H,18,19). The van der Waals surface area contributed by atoms with Crippen LogP contribution in [0.2, 0.25) is 0 Å². The predicted octanol–water partition coefficient (Wildman–Crippen LogP) is 2.44. The van der Waals surface area contributed by atoms with Gasteiger partial charge in [-0.05, 0) is 61.6 Å². The molecule has 0 radical (unpaired) electrons. The highest BCUT2D eigenvalue weighted by Gasteiger charge is 2.41. The van der Waals surface area contributed by atoms with Crippen molar-refractivity contribution in [3.05, 3.63) is 23.8 Å². The Morgan fingerprint density at radius 2 is 2.00 bits per heavy atom. The minimum absolute atomic E-state index is 0.0901. The Hall–Kier alpha value is -1.71. The highest BCUT2D eigenvalue weighted by molar-refractivity contribution is 5.99. The molecule has 0 unspecified atom stereocenters. The molecule has 0 atom stereocenters. The van der Waals surface area contributed by atoms with Crippen LogP contribution in [0.25, 0.3) is 0 Å². The summed E-state index contributed by atoms with van der Waals surface area (Å²) >= 11 is 0. The molecule has 1 aromatic carbocycles. The van der Waals surface area contributed by atoms with Crippen LogP contribution in [-0.2, 0) is 0 Å². The summed E-state index contributed by atoms with van der Waals surface area (Å²) in [7, 11) is 1.59. The lowest BCUT2D eigenvalue weighted by Gasteiger charge is -2.17. The number of nitrogen functional groups attached to an aromatic ring is 1. The van der Waals surface area contributed by atoms with Gasteiger partial charge in [0.05, 0.1) is 12.7 Å². The molecule has 2 fully saturated rings. The number of carbonyl (C=O) groups is 1. The van der Waals surface area contributed by atoms with Gasteiger partial charge >= 0.3 is 0 Å². The van der Waals surface area contributed by atoms with Crippen molar-refractivity contribution in [3.8, 4) is 5.75 Å². The average molecular weight is 274 g/mol. The van der Waals surface area contributed by atoms with Crippen molar-refractivity contribution in [2.75, 3.05) is 19.4 Å². The maximum atomic E-state index is 12.3. The van der Waals surface area contributed by atoms with Crippen LogP contribution < -0.4 is 15.8 Å². The number of amides is 1. The zero-order valence-electron chi connectivity index (χ0n) is 11.9. The summed E-state index contributed by atoms with van der Waals surface area (Å²) in [6, 6.07) is 5.18. The molecule has 4 nitrogen and oxygen atoms in total. The summed E-state index contributed by atoms with van der Waals surface area (Å²) in [6.07, 6.45) is 5.33. The Balaban J connectivity index is 1.63. The Kier molecular flexibility index (Phi) is 3.55. The van der Waals surface area contributed by atoms with E-state index in [9.17, 15) is 4.79 Å². The second-order valence-corrected chi connectivity index (χ2v) is 6.00. The quantitative estimate of drug-likeness (QED) is 0.783. The Morgan fingerprint density at radius 1 is 1.35 bits per heavy atom. The molecule has 4 heteroatoms. The van der Waals surface area contributed by atoms with E-state index in [1.165, 1.54) is 25.7 Å². The summed E-state index contributed by atoms with van der Waals surface area (Å²) in [4.78, 5) is 12.3. The number of rotatable bonds is 6. The lowest BCUT2D eigenvalue weighted by atomic mass is 9.98. The SMILES string of the molecule is COc1ccc(N)c(C(=O)NCC(C2CC2)C2CC2)c1. The molecule has 20 heavy (non-hydrogen) atoms. The van der Waals surface area contributed by atoms with Crippen LogP contribution in [0.5, 0.6) is 5.75 Å². The molecule has 1 amide bonds. The van der Waals surface area contributed by atoms with Crippen LogP contribution in [-0.4, -0.2) is 19.6 Å². The maximum Gasteiger partial charge on any atom is 0.253 e. The van der Waals surface area contributed by atoms with E-state index in [0.29, 0.717) is 22.9 Å². The summed E-state index contributed by atoms with van der Waals surface area (Å²) in [5.41, 5.74) is 6.89. The van der Waals surface area contributed by atoms with E-state index in [-0.39, 0.29) is 5.91 Å². The van der Waals surface area contributed by atoms with E-state index in [4.69, 9.17) is 10.5 Å². The van der Waals surface area contributed by atoms with Gasteiger partial charge < -0.3 is 15.8 Å². The van der Waals surface area contributed by atoms with Gasteiger partial charge in [-0.25, -0.2) is 0 Å². The molecule has 2 aliphatic rings. The van der Waals surface area contributed by atoms with Gasteiger partial charge in [0.25, 0.3) is 5.91 Å². The van der Waals surface area contributed by atoms with Gasteiger partial charge in [0, 0.05) is 12.2 Å². The minimum atomic E-state index is -0.0901. The highest BCUT2D eigenvalue weighted by atomic mass is 16.5. The van der Waals surface area contributed by atoms with Gasteiger partial charge in [-0.1, -0.05) is 0 Å². The maximum absolute atomic E-state index is 12.3. The molecule has 108 valence electrons. The van der Waals surface area contributed by atoms with Crippen LogP contribution in [0.3, 0.4) is 0 Å². The van der Waals surface area contributed by atoms with Crippen LogP contribution in [0.4, 0.5) is 5.69 Å². The first-order valence-corrected chi connectivity index (χ1v) is 7.40. The number of nitrogens with one attached hydrogen (secondary N) is 1. The van der Waals surface area contributed by atoms with Crippen LogP contribution in [0, 0.1) is 17.8 Å². The Bertz CT molecular complexity index is 495. The molecule has 0 heterocycles. The number of benzene rings is 1. The molecule has 0 spiro atoms. The van der Waals surface area contributed by atoms with E-state index in [0.717, 1.165) is 18.4 Å². The first-order valence-electron chi connectivity index (χ1n) is 7.40. The molecular weight excluding hydrogens is 252 g/mol. The largest absolute Gasteiger partial charge is 0.497 e. The van der Waals surface area contributed by atoms with Crippen molar-refractivity contribution in [1.82, 2.24) is 5.32 Å². The fourth-order valence-electron chi connectivity index (χ4n) is 2.93. The zero-order chi connectivity index (χ0) is 14.1. The second kappa shape index (κ2) is 5.35. The topological polar surface area (TPSA) is 64.3 Å². The predicted molar refractivity (Wildman–Crippen MR) is 78.7 cm³/mol. The van der Waals surface area contributed by atoms with Gasteiger partial charge in [0.1, 0.15) is 5.75 Å². The fourth-order valence-corrected chi connectivity index (χ4v) is 2.93. The molecule has 0 saturated heterocycles. The third kappa shape index (κ3) is 2.89. The first kappa shape index (κ1) is 13.3. The number of methoxy groups -OCH3 is 1. The summed E-state index contributed by atoms with van der Waals surface area (Å²) in [5, 5.41) is 3.06. The number of hydrogen-bond donors (Lipinski definition) is 2. The van der Waals surface area contributed by atoms with Gasteiger partial charge in [0.15, 0.2) is 0 Å². The Labute approximate surface area is 119 Å². The third-order valence-electron chi connectivity index (χ3n) is 4.46. The van der Waals surface area contributed by atoms with Crippen molar-refractivity contribution in [2.45, 2.75) is 25.7 Å². The zero-order valence-corrected chi connectivity index (χ0v) is 11.9. The smallest absolute Gasteiger partial charge is 0.253 e. The minimum Gasteiger partial charge on any atom is -0.497 e. The molecule has 1 aromatic rings. The Morgan fingerprint density at radius 3 is 2.55 bits per heavy atom. The normalized spacial score (nSPS) is 18.1. The lowest BCUT2D eigenvalue weighted by molar-refractivity contribution is 0.0944. The van der Waals surface area contributed by atoms with Crippen LogP contribution in [0.1, 0.15) is 36.0 Å². The van der Waals surface area contributed by atoms with Gasteiger partial charge in [-0.3, -0.25) is 4.79 Å². The van der Waals surface area contributed by atoms with E-state index >= 15 is 0 Å². The van der Waals surface area contributed by atoms with E-state index in [1.807, 2.05) is 0 Å². The van der Waals surface area contributed by atoms with Crippen molar-refractivity contribution < 1.29 is 9.53 Å². The number of carbonyl (C=O) groups excluding carboxylic acids is 1. The van der Waals surface area contributed by atoms with Crippen molar-refractivity contribution in [2.24, 2.45) is 17.8 Å². The summed E-state index contributed by atoms with van der Waals surface area (Å²) in [5.74, 6) is 2.92. The van der Waals surface area contributed by atoms with Crippen molar-refractivity contribution >= 4 is 11.6 Å². The monoisotopic (exact) mass is 274 g/mol. The molecule has 0 aromatic heterocycles. The second-order valence-electron chi connectivity index (χ2n) is 6.00. The van der Waals surface area contributed by atoms with E-state index in [2.05, 4.69) is 5.32 Å². The number of ether oxygens (including phenoxy) is 1. The van der Waals surface area contributed by atoms with Gasteiger partial charge in [0.2, 0.25) is 0 Å². The van der Waals surface area contributed by atoms with Crippen molar-refractivity contribution in [3.63, 3.8) is 0 Å². The van der Waals surface area contributed by atoms with Crippen LogP contribution in [0.15, 0.2) is 18.2 Å².